The van der Waals surface area contributed by atoms with E-state index < -0.39 is 0 Å². The molecule has 1 aliphatic rings. The van der Waals surface area contributed by atoms with Crippen LogP contribution in [0.25, 0.3) is 11.3 Å². The third-order valence-corrected chi connectivity index (χ3v) is 4.81. The molecule has 0 amide bonds. The maximum absolute atomic E-state index is 9.58. The predicted molar refractivity (Wildman–Crippen MR) is 103 cm³/mol. The molecule has 1 aliphatic heterocycles. The lowest BCUT2D eigenvalue weighted by Crippen LogP contribution is -2.28. The van der Waals surface area contributed by atoms with Crippen LogP contribution in [0.3, 0.4) is 0 Å². The molecule has 0 saturated carbocycles. The number of nitrogens with zero attached hydrogens (tertiary/aromatic N) is 4. The SMILES string of the molecule is N#Cc1cc(-c2ccnc(Cc3cc[n+](O)cc3)n2)ccc1OC1CCOCC1. The molecule has 1 aromatic carbocycles. The van der Waals surface area contributed by atoms with Gasteiger partial charge in [-0.15, -0.1) is 0 Å². The monoisotopic (exact) mass is 389 g/mol. The molecule has 0 atom stereocenters. The fourth-order valence-electron chi connectivity index (χ4n) is 3.25. The average Bonchev–Trinajstić information content (AvgIpc) is 2.76. The van der Waals surface area contributed by atoms with E-state index in [-0.39, 0.29) is 6.10 Å². The van der Waals surface area contributed by atoms with E-state index in [1.54, 1.807) is 24.7 Å². The minimum Gasteiger partial charge on any atom is -0.489 e. The van der Waals surface area contributed by atoms with Crippen molar-refractivity contribution >= 4 is 0 Å². The zero-order chi connectivity index (χ0) is 20.1. The van der Waals surface area contributed by atoms with Gasteiger partial charge in [-0.25, -0.2) is 9.97 Å². The van der Waals surface area contributed by atoms with Gasteiger partial charge in [-0.05, 0) is 29.8 Å². The summed E-state index contributed by atoms with van der Waals surface area (Å²) in [5.74, 6) is 1.26. The van der Waals surface area contributed by atoms with E-state index in [9.17, 15) is 10.5 Å². The number of hydrogen-bond acceptors (Lipinski definition) is 6. The van der Waals surface area contributed by atoms with Crippen LogP contribution >= 0.6 is 0 Å². The molecule has 4 rings (SSSR count). The Morgan fingerprint density at radius 3 is 2.72 bits per heavy atom. The van der Waals surface area contributed by atoms with Gasteiger partial charge in [-0.2, -0.15) is 5.26 Å². The standard InChI is InChI=1S/C22H21N4O3/c23-15-18-14-17(1-2-21(18)29-19-6-11-28-12-7-19)20-3-8-24-22(25-20)13-16-4-9-26(27)10-5-16/h1-5,8-10,14,19,27H,6-7,11-13H2/q+1. The second-order valence-corrected chi connectivity index (χ2v) is 6.87. The summed E-state index contributed by atoms with van der Waals surface area (Å²) >= 11 is 0. The molecule has 3 heterocycles. The molecule has 1 N–H and O–H groups in total. The van der Waals surface area contributed by atoms with Crippen molar-refractivity contribution in [1.82, 2.24) is 9.97 Å². The summed E-state index contributed by atoms with van der Waals surface area (Å²) in [6, 6.07) is 13.2. The van der Waals surface area contributed by atoms with Gasteiger partial charge in [0.1, 0.15) is 23.7 Å². The van der Waals surface area contributed by atoms with Gasteiger partial charge >= 0.3 is 0 Å². The van der Waals surface area contributed by atoms with Gasteiger partial charge in [0.2, 0.25) is 12.4 Å². The van der Waals surface area contributed by atoms with Crippen molar-refractivity contribution in [2.75, 3.05) is 13.2 Å². The van der Waals surface area contributed by atoms with E-state index >= 15 is 0 Å². The zero-order valence-electron chi connectivity index (χ0n) is 15.9. The van der Waals surface area contributed by atoms with Crippen LogP contribution in [0.2, 0.25) is 0 Å². The van der Waals surface area contributed by atoms with Crippen molar-refractivity contribution < 1.29 is 19.4 Å². The number of ether oxygens (including phenoxy) is 2. The van der Waals surface area contributed by atoms with E-state index in [1.165, 1.54) is 0 Å². The van der Waals surface area contributed by atoms with E-state index in [0.29, 0.717) is 36.8 Å². The molecular weight excluding hydrogens is 368 g/mol. The van der Waals surface area contributed by atoms with E-state index in [4.69, 9.17) is 9.47 Å². The number of nitriles is 1. The highest BCUT2D eigenvalue weighted by atomic mass is 16.5. The van der Waals surface area contributed by atoms with Gasteiger partial charge in [0, 0.05) is 47.9 Å². The largest absolute Gasteiger partial charge is 0.489 e. The van der Waals surface area contributed by atoms with Gasteiger partial charge < -0.3 is 9.47 Å². The van der Waals surface area contributed by atoms with Crippen LogP contribution in [0.1, 0.15) is 29.8 Å². The first-order valence-corrected chi connectivity index (χ1v) is 9.51. The number of hydrogen-bond donors (Lipinski definition) is 1. The van der Waals surface area contributed by atoms with Crippen LogP contribution in [-0.2, 0) is 11.2 Å². The van der Waals surface area contributed by atoms with Crippen LogP contribution in [0.4, 0.5) is 0 Å². The lowest BCUT2D eigenvalue weighted by atomic mass is 10.1. The summed E-state index contributed by atoms with van der Waals surface area (Å²) in [7, 11) is 0. The molecule has 0 bridgehead atoms. The highest BCUT2D eigenvalue weighted by molar-refractivity contribution is 5.64. The summed E-state index contributed by atoms with van der Waals surface area (Å²) in [5.41, 5.74) is 3.07. The summed E-state index contributed by atoms with van der Waals surface area (Å²) in [4.78, 5) is 8.97. The Kier molecular flexibility index (Phi) is 5.63. The molecule has 0 spiro atoms. The topological polar surface area (TPSA) is 92.1 Å². The van der Waals surface area contributed by atoms with Crippen molar-refractivity contribution in [2.24, 2.45) is 0 Å². The Balaban J connectivity index is 1.54. The van der Waals surface area contributed by atoms with Gasteiger partial charge in [-0.3, -0.25) is 5.21 Å². The molecule has 146 valence electrons. The predicted octanol–water partition coefficient (Wildman–Crippen LogP) is 2.69. The van der Waals surface area contributed by atoms with Crippen molar-refractivity contribution in [3.8, 4) is 23.1 Å². The zero-order valence-corrected chi connectivity index (χ0v) is 15.9. The first-order chi connectivity index (χ1) is 14.2. The Hall–Kier alpha value is -3.50. The van der Waals surface area contributed by atoms with Crippen molar-refractivity contribution in [2.45, 2.75) is 25.4 Å². The van der Waals surface area contributed by atoms with Crippen LogP contribution in [0.15, 0.2) is 55.0 Å². The molecule has 1 saturated heterocycles. The molecule has 7 nitrogen and oxygen atoms in total. The normalized spacial score (nSPS) is 14.3. The summed E-state index contributed by atoms with van der Waals surface area (Å²) in [6.07, 6.45) is 7.13. The Morgan fingerprint density at radius 1 is 1.17 bits per heavy atom. The molecule has 3 aromatic rings. The molecule has 7 heteroatoms. The van der Waals surface area contributed by atoms with Gasteiger partial charge in [0.25, 0.3) is 0 Å². The molecule has 0 unspecified atom stereocenters. The van der Waals surface area contributed by atoms with Crippen LogP contribution < -0.4 is 9.47 Å². The minimum atomic E-state index is 0.0795. The molecular formula is C22H21N4O3+. The third kappa shape index (κ3) is 4.68. The molecule has 29 heavy (non-hydrogen) atoms. The number of rotatable bonds is 5. The minimum absolute atomic E-state index is 0.0795. The molecule has 2 aromatic heterocycles. The maximum atomic E-state index is 9.58. The van der Waals surface area contributed by atoms with E-state index in [0.717, 1.165) is 34.4 Å². The highest BCUT2D eigenvalue weighted by Crippen LogP contribution is 2.27. The van der Waals surface area contributed by atoms with Crippen molar-refractivity contribution in [3.63, 3.8) is 0 Å². The first kappa shape index (κ1) is 18.8. The van der Waals surface area contributed by atoms with Crippen molar-refractivity contribution in [1.29, 1.82) is 5.26 Å². The van der Waals surface area contributed by atoms with Crippen LogP contribution in [0.5, 0.6) is 5.75 Å². The molecule has 0 radical (unpaired) electrons. The maximum Gasteiger partial charge on any atom is 0.222 e. The highest BCUT2D eigenvalue weighted by Gasteiger charge is 2.17. The molecule has 0 aliphatic carbocycles. The van der Waals surface area contributed by atoms with Crippen molar-refractivity contribution in [3.05, 3.63) is 71.9 Å². The van der Waals surface area contributed by atoms with E-state index in [1.807, 2.05) is 30.3 Å². The molecule has 1 fully saturated rings. The lowest BCUT2D eigenvalue weighted by Gasteiger charge is -2.23. The quantitative estimate of drug-likeness (QED) is 0.533. The number of pyridine rings is 1. The average molecular weight is 389 g/mol. The van der Waals surface area contributed by atoms with E-state index in [2.05, 4.69) is 16.0 Å². The van der Waals surface area contributed by atoms with Gasteiger partial charge in [0.15, 0.2) is 0 Å². The van der Waals surface area contributed by atoms with Gasteiger partial charge in [-0.1, -0.05) is 0 Å². The van der Waals surface area contributed by atoms with Crippen LogP contribution in [-0.4, -0.2) is 34.5 Å². The smallest absolute Gasteiger partial charge is 0.222 e. The summed E-state index contributed by atoms with van der Waals surface area (Å²) in [5, 5.41) is 18.9. The first-order valence-electron chi connectivity index (χ1n) is 9.51. The third-order valence-electron chi connectivity index (χ3n) is 4.81. The van der Waals surface area contributed by atoms with Gasteiger partial charge in [0.05, 0.1) is 24.5 Å². The second kappa shape index (κ2) is 8.67. The fourth-order valence-corrected chi connectivity index (χ4v) is 3.25. The fraction of sp³-hybridized carbons (Fsp3) is 0.273. The number of aromatic nitrogens is 3. The lowest BCUT2D eigenvalue weighted by molar-refractivity contribution is -0.904. The second-order valence-electron chi connectivity index (χ2n) is 6.87. The summed E-state index contributed by atoms with van der Waals surface area (Å²) in [6.45, 7) is 1.38. The number of benzene rings is 1. The Bertz CT molecular complexity index is 1020. The van der Waals surface area contributed by atoms with Crippen LogP contribution in [0, 0.1) is 11.3 Å². The summed E-state index contributed by atoms with van der Waals surface area (Å²) < 4.78 is 12.4. The Morgan fingerprint density at radius 2 is 1.97 bits per heavy atom. The Labute approximate surface area is 168 Å².